The fourth-order valence-electron chi connectivity index (χ4n) is 1.93. The van der Waals surface area contributed by atoms with Crippen LogP contribution in [-0.4, -0.2) is 14.4 Å². The third kappa shape index (κ3) is 2.26. The summed E-state index contributed by atoms with van der Waals surface area (Å²) in [4.78, 5) is 8.58. The molecule has 0 saturated heterocycles. The van der Waals surface area contributed by atoms with Crippen LogP contribution in [0.1, 0.15) is 5.56 Å². The molecule has 3 N–H and O–H groups in total. The molecule has 0 spiro atoms. The van der Waals surface area contributed by atoms with E-state index >= 15 is 0 Å². The van der Waals surface area contributed by atoms with Gasteiger partial charge in [-0.2, -0.15) is 0 Å². The molecule has 0 aliphatic rings. The van der Waals surface area contributed by atoms with Crippen molar-refractivity contribution < 1.29 is 0 Å². The highest BCUT2D eigenvalue weighted by atomic mass is 79.9. The standard InChI is InChI=1S/C13H12BrN5/c1-8-6-9(14)2-3-10(8)17-12-13-16-4-5-19(13)7-11(15)18-12/h2-7H,15H2,1H3,(H,17,18). The molecule has 96 valence electrons. The minimum absolute atomic E-state index is 0.447. The molecule has 5 nitrogen and oxygen atoms in total. The van der Waals surface area contributed by atoms with Gasteiger partial charge in [0.05, 0.1) is 6.20 Å². The van der Waals surface area contributed by atoms with E-state index in [1.165, 1.54) is 0 Å². The molecule has 0 radical (unpaired) electrons. The third-order valence-corrected chi connectivity index (χ3v) is 3.33. The summed E-state index contributed by atoms with van der Waals surface area (Å²) < 4.78 is 2.89. The second-order valence-corrected chi connectivity index (χ2v) is 5.17. The minimum atomic E-state index is 0.447. The second-order valence-electron chi connectivity index (χ2n) is 4.26. The van der Waals surface area contributed by atoms with E-state index in [4.69, 9.17) is 5.73 Å². The van der Waals surface area contributed by atoms with Crippen molar-refractivity contribution in [3.8, 4) is 0 Å². The smallest absolute Gasteiger partial charge is 0.180 e. The Morgan fingerprint density at radius 2 is 2.21 bits per heavy atom. The molecule has 0 bridgehead atoms. The van der Waals surface area contributed by atoms with Crippen molar-refractivity contribution in [3.05, 3.63) is 46.8 Å². The lowest BCUT2D eigenvalue weighted by molar-refractivity contribution is 1.13. The largest absolute Gasteiger partial charge is 0.382 e. The van der Waals surface area contributed by atoms with Crippen molar-refractivity contribution >= 4 is 38.9 Å². The average molecular weight is 318 g/mol. The van der Waals surface area contributed by atoms with E-state index in [9.17, 15) is 0 Å². The first-order chi connectivity index (χ1) is 9.13. The number of aromatic nitrogens is 3. The van der Waals surface area contributed by atoms with Crippen LogP contribution < -0.4 is 11.1 Å². The molecule has 2 aromatic heterocycles. The van der Waals surface area contributed by atoms with E-state index in [0.29, 0.717) is 11.6 Å². The predicted octanol–water partition coefficient (Wildman–Crippen LogP) is 3.13. The fraction of sp³-hybridized carbons (Fsp3) is 0.0769. The number of fused-ring (bicyclic) bond motifs is 1. The number of nitrogen functional groups attached to an aromatic ring is 1. The number of nitrogens with one attached hydrogen (secondary N) is 1. The van der Waals surface area contributed by atoms with E-state index in [-0.39, 0.29) is 0 Å². The molecule has 0 saturated carbocycles. The van der Waals surface area contributed by atoms with Crippen LogP contribution in [-0.2, 0) is 0 Å². The normalized spacial score (nSPS) is 10.8. The van der Waals surface area contributed by atoms with Crippen LogP contribution in [0.5, 0.6) is 0 Å². The highest BCUT2D eigenvalue weighted by molar-refractivity contribution is 9.10. The Kier molecular flexibility index (Phi) is 2.87. The van der Waals surface area contributed by atoms with Crippen molar-refractivity contribution in [1.82, 2.24) is 14.4 Å². The molecule has 6 heteroatoms. The Balaban J connectivity index is 2.07. The second kappa shape index (κ2) is 4.55. The number of nitrogens with two attached hydrogens (primary N) is 1. The van der Waals surface area contributed by atoms with E-state index < -0.39 is 0 Å². The molecule has 19 heavy (non-hydrogen) atoms. The fourth-order valence-corrected chi connectivity index (χ4v) is 2.41. The van der Waals surface area contributed by atoms with Crippen LogP contribution in [0.25, 0.3) is 5.65 Å². The average Bonchev–Trinajstić information content (AvgIpc) is 2.80. The lowest BCUT2D eigenvalue weighted by Crippen LogP contribution is -2.02. The van der Waals surface area contributed by atoms with E-state index in [1.807, 2.05) is 35.7 Å². The van der Waals surface area contributed by atoms with Crippen LogP contribution in [0.15, 0.2) is 41.3 Å². The van der Waals surface area contributed by atoms with Gasteiger partial charge >= 0.3 is 0 Å². The molecule has 1 aromatic carbocycles. The summed E-state index contributed by atoms with van der Waals surface area (Å²) in [6.07, 6.45) is 5.30. The molecule has 0 aliphatic heterocycles. The summed E-state index contributed by atoms with van der Waals surface area (Å²) in [6.45, 7) is 2.03. The van der Waals surface area contributed by atoms with Gasteiger partial charge in [0.1, 0.15) is 5.82 Å². The van der Waals surface area contributed by atoms with Gasteiger partial charge < -0.3 is 15.5 Å². The number of aryl methyl sites for hydroxylation is 1. The molecule has 0 aliphatic carbocycles. The Hall–Kier alpha value is -2.08. The van der Waals surface area contributed by atoms with E-state index in [1.54, 1.807) is 12.4 Å². The number of halogens is 1. The number of hydrogen-bond donors (Lipinski definition) is 2. The van der Waals surface area contributed by atoms with Gasteiger partial charge in [-0.3, -0.25) is 0 Å². The molecule has 3 rings (SSSR count). The van der Waals surface area contributed by atoms with Crippen molar-refractivity contribution in [2.75, 3.05) is 11.1 Å². The first-order valence-corrected chi connectivity index (χ1v) is 6.55. The van der Waals surface area contributed by atoms with Crippen molar-refractivity contribution in [2.24, 2.45) is 0 Å². The number of rotatable bonds is 2. The topological polar surface area (TPSA) is 68.2 Å². The lowest BCUT2D eigenvalue weighted by Gasteiger charge is -2.10. The summed E-state index contributed by atoms with van der Waals surface area (Å²) in [6, 6.07) is 6.01. The van der Waals surface area contributed by atoms with Gasteiger partial charge in [-0.25, -0.2) is 9.97 Å². The van der Waals surface area contributed by atoms with Crippen LogP contribution >= 0.6 is 15.9 Å². The maximum absolute atomic E-state index is 5.79. The summed E-state index contributed by atoms with van der Waals surface area (Å²) in [5, 5.41) is 3.27. The van der Waals surface area contributed by atoms with Crippen molar-refractivity contribution in [3.63, 3.8) is 0 Å². The quantitative estimate of drug-likeness (QED) is 0.762. The first kappa shape index (κ1) is 12.0. The minimum Gasteiger partial charge on any atom is -0.382 e. The first-order valence-electron chi connectivity index (χ1n) is 5.76. The molecular weight excluding hydrogens is 306 g/mol. The molecule has 0 fully saturated rings. The van der Waals surface area contributed by atoms with Gasteiger partial charge in [0.25, 0.3) is 0 Å². The Labute approximate surface area is 118 Å². The maximum atomic E-state index is 5.79. The van der Waals surface area contributed by atoms with Crippen LogP contribution in [0.3, 0.4) is 0 Å². The predicted molar refractivity (Wildman–Crippen MR) is 79.6 cm³/mol. The highest BCUT2D eigenvalue weighted by Crippen LogP contribution is 2.25. The Morgan fingerprint density at radius 3 is 3.00 bits per heavy atom. The third-order valence-electron chi connectivity index (χ3n) is 2.83. The van der Waals surface area contributed by atoms with Crippen molar-refractivity contribution in [1.29, 1.82) is 0 Å². The van der Waals surface area contributed by atoms with Gasteiger partial charge in [-0.15, -0.1) is 0 Å². The number of nitrogens with zero attached hydrogens (tertiary/aromatic N) is 3. The monoisotopic (exact) mass is 317 g/mol. The lowest BCUT2D eigenvalue weighted by atomic mass is 10.2. The molecular formula is C13H12BrN5. The number of anilines is 3. The zero-order valence-corrected chi connectivity index (χ0v) is 11.8. The maximum Gasteiger partial charge on any atom is 0.180 e. The summed E-state index contributed by atoms with van der Waals surface area (Å²) >= 11 is 3.45. The molecule has 2 heterocycles. The van der Waals surface area contributed by atoms with Gasteiger partial charge in [0.15, 0.2) is 11.5 Å². The number of hydrogen-bond acceptors (Lipinski definition) is 4. The Morgan fingerprint density at radius 1 is 1.37 bits per heavy atom. The van der Waals surface area contributed by atoms with E-state index in [2.05, 4.69) is 31.2 Å². The van der Waals surface area contributed by atoms with E-state index in [0.717, 1.165) is 21.4 Å². The zero-order valence-electron chi connectivity index (χ0n) is 10.3. The summed E-state index contributed by atoms with van der Waals surface area (Å²) in [5.41, 5.74) is 8.63. The van der Waals surface area contributed by atoms with Crippen LogP contribution in [0.4, 0.5) is 17.3 Å². The molecule has 0 amide bonds. The summed E-state index contributed by atoms with van der Waals surface area (Å²) in [5.74, 6) is 1.10. The van der Waals surface area contributed by atoms with Gasteiger partial charge in [0, 0.05) is 22.6 Å². The van der Waals surface area contributed by atoms with Gasteiger partial charge in [-0.1, -0.05) is 15.9 Å². The van der Waals surface area contributed by atoms with Gasteiger partial charge in [-0.05, 0) is 30.7 Å². The van der Waals surface area contributed by atoms with Crippen LogP contribution in [0, 0.1) is 6.92 Å². The van der Waals surface area contributed by atoms with Crippen molar-refractivity contribution in [2.45, 2.75) is 6.92 Å². The van der Waals surface area contributed by atoms with Gasteiger partial charge in [0.2, 0.25) is 0 Å². The molecule has 0 atom stereocenters. The molecule has 0 unspecified atom stereocenters. The highest BCUT2D eigenvalue weighted by Gasteiger charge is 2.08. The zero-order chi connectivity index (χ0) is 13.4. The number of benzene rings is 1. The van der Waals surface area contributed by atoms with Crippen LogP contribution in [0.2, 0.25) is 0 Å². The summed E-state index contributed by atoms with van der Waals surface area (Å²) in [7, 11) is 0. The number of imidazole rings is 1. The SMILES string of the molecule is Cc1cc(Br)ccc1Nc1nc(N)cn2ccnc12. The molecule has 3 aromatic rings. The Bertz CT molecular complexity index is 750.